The third kappa shape index (κ3) is 6.60. The van der Waals surface area contributed by atoms with Gasteiger partial charge in [-0.25, -0.2) is 4.79 Å². The molecule has 1 aromatic rings. The zero-order valence-electron chi connectivity index (χ0n) is 17.0. The molecule has 1 aliphatic rings. The smallest absolute Gasteiger partial charge is 0.421 e. The molecule has 1 N–H and O–H groups in total. The zero-order valence-corrected chi connectivity index (χ0v) is 17.8. The maximum atomic E-state index is 14.1. The monoisotopic (exact) mass is 504 g/mol. The Kier molecular flexibility index (Phi) is 8.41. The van der Waals surface area contributed by atoms with Crippen LogP contribution in [0.3, 0.4) is 0 Å². The summed E-state index contributed by atoms with van der Waals surface area (Å²) in [5, 5.41) is -4.89. The van der Waals surface area contributed by atoms with Crippen LogP contribution in [0.25, 0.3) is 0 Å². The molecule has 1 aromatic carbocycles. The molecule has 186 valence electrons. The van der Waals surface area contributed by atoms with Gasteiger partial charge in [-0.3, -0.25) is 9.35 Å². The molecule has 0 aliphatic heterocycles. The van der Waals surface area contributed by atoms with Crippen molar-refractivity contribution in [3.63, 3.8) is 0 Å². The summed E-state index contributed by atoms with van der Waals surface area (Å²) in [6, 6.07) is 6.31. The number of hydrogen-bond acceptors (Lipinski definition) is 7. The maximum absolute atomic E-state index is 14.1. The summed E-state index contributed by atoms with van der Waals surface area (Å²) in [4.78, 5) is 25.0. The molecular formula is C19H21F5O8S. The number of alkyl halides is 5. The first-order chi connectivity index (χ1) is 15.2. The standard InChI is InChI=1S/C19H21F5O8S/c20-17(21,33(27,28)29)11-12-30-18(19(22,23)24,16(26)31-14-9-5-2-6-10-14)32-15(25)13-7-3-1-4-8-13/h2,5-6,9-10,13H,1,3-4,7-8,11-12H2,(H,27,28,29). The van der Waals surface area contributed by atoms with E-state index in [-0.39, 0.29) is 12.8 Å². The molecule has 8 nitrogen and oxygen atoms in total. The van der Waals surface area contributed by atoms with E-state index in [1.165, 1.54) is 18.2 Å². The molecule has 0 amide bonds. The Morgan fingerprint density at radius 1 is 1.00 bits per heavy atom. The van der Waals surface area contributed by atoms with Gasteiger partial charge >= 0.3 is 39.3 Å². The molecule has 14 heteroatoms. The highest BCUT2D eigenvalue weighted by Gasteiger charge is 2.68. The number of hydrogen-bond donors (Lipinski definition) is 1. The van der Waals surface area contributed by atoms with Crippen LogP contribution in [0.1, 0.15) is 38.5 Å². The Morgan fingerprint density at radius 3 is 2.09 bits per heavy atom. The van der Waals surface area contributed by atoms with E-state index in [1.807, 2.05) is 0 Å². The van der Waals surface area contributed by atoms with E-state index in [4.69, 9.17) is 4.55 Å². The van der Waals surface area contributed by atoms with E-state index in [2.05, 4.69) is 14.2 Å². The quantitative estimate of drug-likeness (QED) is 0.177. The van der Waals surface area contributed by atoms with Gasteiger partial charge in [-0.05, 0) is 25.0 Å². The molecule has 0 saturated heterocycles. The van der Waals surface area contributed by atoms with Gasteiger partial charge in [0.1, 0.15) is 5.75 Å². The van der Waals surface area contributed by atoms with Crippen molar-refractivity contribution in [2.45, 2.75) is 55.7 Å². The van der Waals surface area contributed by atoms with Gasteiger partial charge in [0, 0.05) is 0 Å². The van der Waals surface area contributed by atoms with Crippen molar-refractivity contribution in [3.8, 4) is 5.75 Å². The van der Waals surface area contributed by atoms with Crippen molar-refractivity contribution in [1.82, 2.24) is 0 Å². The molecule has 2 rings (SSSR count). The van der Waals surface area contributed by atoms with Crippen molar-refractivity contribution in [1.29, 1.82) is 0 Å². The summed E-state index contributed by atoms with van der Waals surface area (Å²) in [5.74, 6) is -9.56. The van der Waals surface area contributed by atoms with Crippen LogP contribution in [0.15, 0.2) is 30.3 Å². The minimum absolute atomic E-state index is 0.182. The fourth-order valence-electron chi connectivity index (χ4n) is 3.05. The second-order valence-electron chi connectivity index (χ2n) is 7.28. The average Bonchev–Trinajstić information content (AvgIpc) is 2.72. The molecule has 1 saturated carbocycles. The summed E-state index contributed by atoms with van der Waals surface area (Å²) >= 11 is 0. The molecule has 1 fully saturated rings. The fraction of sp³-hybridized carbons (Fsp3) is 0.579. The molecule has 0 bridgehead atoms. The van der Waals surface area contributed by atoms with Gasteiger partial charge in [-0.2, -0.15) is 30.4 Å². The summed E-state index contributed by atoms with van der Waals surface area (Å²) in [5.41, 5.74) is 0. The fourth-order valence-corrected chi connectivity index (χ4v) is 3.40. The lowest BCUT2D eigenvalue weighted by atomic mass is 9.89. The predicted molar refractivity (Wildman–Crippen MR) is 101 cm³/mol. The second kappa shape index (κ2) is 10.3. The third-order valence-electron chi connectivity index (χ3n) is 4.85. The van der Waals surface area contributed by atoms with E-state index in [1.54, 1.807) is 0 Å². The predicted octanol–water partition coefficient (Wildman–Crippen LogP) is 3.86. The molecule has 0 heterocycles. The Balaban J connectivity index is 2.36. The van der Waals surface area contributed by atoms with Crippen molar-refractivity contribution >= 4 is 22.1 Å². The summed E-state index contributed by atoms with van der Waals surface area (Å²) in [7, 11) is -5.98. The largest absolute Gasteiger partial charge is 0.468 e. The lowest BCUT2D eigenvalue weighted by Gasteiger charge is -2.34. The number of esters is 2. The Bertz CT molecular complexity index is 929. The molecule has 1 unspecified atom stereocenters. The van der Waals surface area contributed by atoms with Gasteiger partial charge in [-0.15, -0.1) is 0 Å². The number of ether oxygens (including phenoxy) is 3. The van der Waals surface area contributed by atoms with Crippen molar-refractivity contribution < 1.29 is 58.7 Å². The number of rotatable bonds is 9. The van der Waals surface area contributed by atoms with Crippen LogP contribution in [0.2, 0.25) is 0 Å². The highest BCUT2D eigenvalue weighted by Crippen LogP contribution is 2.39. The topological polar surface area (TPSA) is 116 Å². The van der Waals surface area contributed by atoms with E-state index in [0.29, 0.717) is 12.8 Å². The highest BCUT2D eigenvalue weighted by atomic mass is 32.2. The van der Waals surface area contributed by atoms with Crippen LogP contribution in [0.5, 0.6) is 5.75 Å². The SMILES string of the molecule is O=C(OC(OCCC(F)(F)S(=O)(=O)O)(C(=O)Oc1ccccc1)C(F)(F)F)C1CCCCC1. The number of carbonyl (C=O) groups is 2. The number of para-hydroxylation sites is 1. The molecule has 33 heavy (non-hydrogen) atoms. The van der Waals surface area contributed by atoms with E-state index in [9.17, 15) is 40.0 Å². The normalized spacial score (nSPS) is 17.8. The first-order valence-corrected chi connectivity index (χ1v) is 11.2. The maximum Gasteiger partial charge on any atom is 0.468 e. The zero-order chi connectivity index (χ0) is 24.9. The minimum atomic E-state index is -5.98. The van der Waals surface area contributed by atoms with Crippen LogP contribution in [-0.2, 0) is 29.2 Å². The van der Waals surface area contributed by atoms with Gasteiger partial charge in [0.2, 0.25) is 0 Å². The van der Waals surface area contributed by atoms with Gasteiger partial charge < -0.3 is 14.2 Å². The van der Waals surface area contributed by atoms with Crippen LogP contribution in [-0.4, -0.2) is 48.7 Å². The van der Waals surface area contributed by atoms with Crippen LogP contribution >= 0.6 is 0 Å². The molecular weight excluding hydrogens is 483 g/mol. The van der Waals surface area contributed by atoms with Crippen LogP contribution < -0.4 is 4.74 Å². The highest BCUT2D eigenvalue weighted by molar-refractivity contribution is 7.86. The molecule has 0 radical (unpaired) electrons. The summed E-state index contributed by atoms with van der Waals surface area (Å²) < 4.78 is 112. The van der Waals surface area contributed by atoms with E-state index < -0.39 is 64.0 Å². The molecule has 0 aromatic heterocycles. The molecule has 1 atom stereocenters. The minimum Gasteiger partial charge on any atom is -0.421 e. The lowest BCUT2D eigenvalue weighted by Crippen LogP contribution is -2.60. The Morgan fingerprint density at radius 2 is 1.58 bits per heavy atom. The van der Waals surface area contributed by atoms with Gasteiger partial charge in [0.15, 0.2) is 0 Å². The second-order valence-corrected chi connectivity index (χ2v) is 8.83. The number of halogens is 5. The summed E-state index contributed by atoms with van der Waals surface area (Å²) in [6.45, 7) is -1.74. The van der Waals surface area contributed by atoms with E-state index >= 15 is 0 Å². The first-order valence-electron chi connectivity index (χ1n) is 9.75. The lowest BCUT2D eigenvalue weighted by molar-refractivity contribution is -0.355. The van der Waals surface area contributed by atoms with Crippen molar-refractivity contribution in [2.24, 2.45) is 5.92 Å². The first kappa shape index (κ1) is 26.9. The van der Waals surface area contributed by atoms with Crippen molar-refractivity contribution in [3.05, 3.63) is 30.3 Å². The van der Waals surface area contributed by atoms with Gasteiger partial charge in [0.25, 0.3) is 0 Å². The molecule has 0 spiro atoms. The average molecular weight is 504 g/mol. The van der Waals surface area contributed by atoms with Crippen LogP contribution in [0, 0.1) is 5.92 Å². The Hall–Kier alpha value is -2.32. The van der Waals surface area contributed by atoms with E-state index in [0.717, 1.165) is 18.6 Å². The number of carbonyl (C=O) groups excluding carboxylic acids is 2. The Labute approximate surface area is 185 Å². The molecule has 1 aliphatic carbocycles. The number of benzene rings is 1. The van der Waals surface area contributed by atoms with Gasteiger partial charge in [0.05, 0.1) is 18.9 Å². The summed E-state index contributed by atoms with van der Waals surface area (Å²) in [6.07, 6.45) is -5.61. The third-order valence-corrected chi connectivity index (χ3v) is 5.81. The van der Waals surface area contributed by atoms with Crippen LogP contribution in [0.4, 0.5) is 22.0 Å². The van der Waals surface area contributed by atoms with Gasteiger partial charge in [-0.1, -0.05) is 37.5 Å². The van der Waals surface area contributed by atoms with Crippen molar-refractivity contribution in [2.75, 3.05) is 6.61 Å².